The number of aromatic nitrogens is 2. The molecule has 28 heteroatoms. The highest BCUT2D eigenvalue weighted by Gasteiger charge is 2.35. The Balaban J connectivity index is 1.25. The summed E-state index contributed by atoms with van der Waals surface area (Å²) in [7, 11) is 1.48. The van der Waals surface area contributed by atoms with E-state index in [0.29, 0.717) is 22.3 Å². The Bertz CT molecular complexity index is 3110. The van der Waals surface area contributed by atoms with Gasteiger partial charge in [0.1, 0.15) is 48.0 Å². The van der Waals surface area contributed by atoms with Crippen molar-refractivity contribution in [2.45, 2.75) is 120 Å². The number of carbonyl (C=O) groups is 9. The Labute approximate surface area is 496 Å². The average molecular weight is 1190 g/mol. The number of hydrogen-bond donors (Lipinski definition) is 17. The topological polar surface area (TPSA) is 454 Å². The number of benzene rings is 3. The van der Waals surface area contributed by atoms with E-state index in [1.54, 1.807) is 74.6 Å². The first-order chi connectivity index (χ1) is 41.0. The molecule has 86 heavy (non-hydrogen) atoms. The molecule has 5 rings (SSSR count). The SMILES string of the molecule is CN=C(N)NCCC[C@H](NC(=O)[C@H](CC(C)C)NC(=O)NNC(=O)[C@H](Cc1ccccc1)NC(=O)[C@H](CO)NC(=O)[C@@H](NC(=O)[C@@H](Cc1ccncc1)NC(=O)[C@H](N)Cc1ccc(O)cc1)[C@@H](C)O)C(=O)N[C@@H](Cc1c[nH]c2ccccc12)C(N)=O. The molecule has 0 spiro atoms. The number of nitrogens with two attached hydrogens (primary N) is 3. The Morgan fingerprint density at radius 1 is 0.593 bits per heavy atom. The number of aromatic amines is 1. The van der Waals surface area contributed by atoms with Crippen LogP contribution in [0.25, 0.3) is 10.9 Å². The molecular weight excluding hydrogens is 1110 g/mol. The van der Waals surface area contributed by atoms with Crippen molar-refractivity contribution in [3.63, 3.8) is 0 Å². The summed E-state index contributed by atoms with van der Waals surface area (Å²) in [6, 6.07) is 12.5. The van der Waals surface area contributed by atoms with Gasteiger partial charge in [0.05, 0.1) is 18.8 Å². The fourth-order valence-electron chi connectivity index (χ4n) is 8.93. The summed E-state index contributed by atoms with van der Waals surface area (Å²) in [5.41, 5.74) is 25.4. The van der Waals surface area contributed by atoms with Gasteiger partial charge in [-0.1, -0.05) is 74.5 Å². The van der Waals surface area contributed by atoms with Crippen molar-refractivity contribution in [2.24, 2.45) is 28.1 Å². The maximum absolute atomic E-state index is 14.1. The number of aliphatic hydroxyl groups excluding tert-OH is 2. The van der Waals surface area contributed by atoms with E-state index in [2.05, 4.69) is 68.3 Å². The second-order valence-corrected chi connectivity index (χ2v) is 20.9. The highest BCUT2D eigenvalue weighted by Crippen LogP contribution is 2.20. The molecule has 0 saturated heterocycles. The maximum atomic E-state index is 14.1. The van der Waals surface area contributed by atoms with E-state index in [9.17, 15) is 58.5 Å². The quantitative estimate of drug-likeness (QED) is 0.00960. The predicted molar refractivity (Wildman–Crippen MR) is 317 cm³/mol. The van der Waals surface area contributed by atoms with E-state index in [4.69, 9.17) is 17.2 Å². The lowest BCUT2D eigenvalue weighted by molar-refractivity contribution is -0.137. The fraction of sp³-hybridized carbons (Fsp3) is 0.397. The smallest absolute Gasteiger partial charge is 0.334 e. The van der Waals surface area contributed by atoms with Crippen molar-refractivity contribution in [3.05, 3.63) is 132 Å². The second kappa shape index (κ2) is 33.6. The summed E-state index contributed by atoms with van der Waals surface area (Å²) in [4.78, 5) is 134. The molecule has 9 atom stereocenters. The van der Waals surface area contributed by atoms with Gasteiger partial charge in [-0.15, -0.1) is 0 Å². The first-order valence-electron chi connectivity index (χ1n) is 27.8. The molecule has 0 fully saturated rings. The highest BCUT2D eigenvalue weighted by atomic mass is 16.3. The number of para-hydroxylation sites is 1. The standard InChI is InChI=1S/C58H78N16O12/c1-32(2)25-44(52(81)66-42(15-10-22-64-57(61)62-4)51(80)67-43(49(60)78)29-37-30-65-41-14-9-8-13-39(37)41)71-58(86)74-73-55(84)46(27-34-11-6-5-7-12-34)69-54(83)47(31-75)70-56(85)48(33(3)76)72-53(82)45(28-36-20-23-63-24-21-36)68-50(79)40(59)26-35-16-18-38(77)19-17-35/h5-9,11-14,16-21,23-24,30,32-33,40,42-48,65,75-77H,10,15,22,25-29,31,59H2,1-4H3,(H2,60,78)(H,66,81)(H,67,80)(H,68,79)(H,69,83)(H,70,85)(H,72,82)(H,73,84)(H3,61,62,64)(H2,71,74,86)/t33-,40-,42+,43+,44+,45-,46+,47+,48+/m1/s1. The Morgan fingerprint density at radius 2 is 1.15 bits per heavy atom. The largest absolute Gasteiger partial charge is 0.508 e. The minimum absolute atomic E-state index is 0.00925. The zero-order valence-electron chi connectivity index (χ0n) is 48.2. The van der Waals surface area contributed by atoms with Crippen LogP contribution >= 0.6 is 0 Å². The first kappa shape index (κ1) is 67.1. The van der Waals surface area contributed by atoms with Gasteiger partial charge in [0.15, 0.2) is 5.96 Å². The van der Waals surface area contributed by atoms with Gasteiger partial charge >= 0.3 is 6.03 Å². The third-order valence-electron chi connectivity index (χ3n) is 13.6. The van der Waals surface area contributed by atoms with E-state index >= 15 is 0 Å². The molecular formula is C58H78N16O12. The second-order valence-electron chi connectivity index (χ2n) is 20.9. The summed E-state index contributed by atoms with van der Waals surface area (Å²) in [5.74, 6) is -7.33. The zero-order valence-corrected chi connectivity index (χ0v) is 48.2. The van der Waals surface area contributed by atoms with Crippen LogP contribution in [0.5, 0.6) is 5.75 Å². The molecule has 28 nitrogen and oxygen atoms in total. The van der Waals surface area contributed by atoms with Crippen LogP contribution in [0.15, 0.2) is 115 Å². The number of aliphatic imine (C=N–C) groups is 1. The predicted octanol–water partition coefficient (Wildman–Crippen LogP) is -2.31. The van der Waals surface area contributed by atoms with Crippen molar-refractivity contribution in [1.82, 2.24) is 63.4 Å². The molecule has 0 aliphatic heterocycles. The molecule has 0 radical (unpaired) electrons. The lowest BCUT2D eigenvalue weighted by atomic mass is 10.0. The van der Waals surface area contributed by atoms with Crippen LogP contribution in [0, 0.1) is 5.92 Å². The molecule has 2 heterocycles. The van der Waals surface area contributed by atoms with Gasteiger partial charge < -0.3 is 80.0 Å². The summed E-state index contributed by atoms with van der Waals surface area (Å²) in [6.07, 6.45) is 3.12. The molecule has 5 aromatic rings. The number of guanidine groups is 1. The van der Waals surface area contributed by atoms with Gasteiger partial charge in [0.25, 0.3) is 5.91 Å². The van der Waals surface area contributed by atoms with E-state index < -0.39 is 114 Å². The average Bonchev–Trinajstić information content (AvgIpc) is 2.56. The van der Waals surface area contributed by atoms with Crippen molar-refractivity contribution in [2.75, 3.05) is 20.2 Å². The molecule has 2 aromatic heterocycles. The molecule has 0 aliphatic carbocycles. The first-order valence-corrected chi connectivity index (χ1v) is 27.8. The van der Waals surface area contributed by atoms with E-state index in [-0.39, 0.29) is 69.1 Å². The van der Waals surface area contributed by atoms with Gasteiger partial charge in [-0.05, 0) is 91.1 Å². The van der Waals surface area contributed by atoms with Crippen LogP contribution in [0.2, 0.25) is 0 Å². The van der Waals surface area contributed by atoms with Gasteiger partial charge in [-0.3, -0.25) is 53.8 Å². The number of amides is 10. The number of pyridine rings is 1. The molecule has 462 valence electrons. The molecule has 0 unspecified atom stereocenters. The number of H-pyrrole nitrogens is 1. The number of nitrogens with zero attached hydrogens (tertiary/aromatic N) is 2. The Morgan fingerprint density at radius 3 is 1.79 bits per heavy atom. The van der Waals surface area contributed by atoms with Crippen LogP contribution in [0.3, 0.4) is 0 Å². The third-order valence-corrected chi connectivity index (χ3v) is 13.6. The number of aliphatic hydroxyl groups is 2. The third kappa shape index (κ3) is 21.5. The van der Waals surface area contributed by atoms with Crippen molar-refractivity contribution in [3.8, 4) is 5.75 Å². The van der Waals surface area contributed by atoms with Crippen LogP contribution in [0.1, 0.15) is 62.3 Å². The summed E-state index contributed by atoms with van der Waals surface area (Å²) < 4.78 is 0. The minimum Gasteiger partial charge on any atom is -0.508 e. The number of phenols is 1. The monoisotopic (exact) mass is 1190 g/mol. The molecule has 0 aliphatic rings. The van der Waals surface area contributed by atoms with Crippen molar-refractivity contribution >= 4 is 70.2 Å². The number of phenolic OH excluding ortho intramolecular Hbond substituents is 1. The Hall–Kier alpha value is -9.67. The summed E-state index contributed by atoms with van der Waals surface area (Å²) in [5, 5.41) is 52.2. The number of fused-ring (bicyclic) bond motifs is 1. The fourth-order valence-corrected chi connectivity index (χ4v) is 8.93. The van der Waals surface area contributed by atoms with Crippen molar-refractivity contribution in [1.29, 1.82) is 0 Å². The number of rotatable bonds is 31. The number of aromatic hydroxyl groups is 1. The van der Waals surface area contributed by atoms with Crippen LogP contribution in [-0.2, 0) is 64.0 Å². The summed E-state index contributed by atoms with van der Waals surface area (Å²) in [6.45, 7) is 3.94. The van der Waals surface area contributed by atoms with Gasteiger partial charge in [0, 0.05) is 62.3 Å². The zero-order chi connectivity index (χ0) is 62.9. The molecule has 10 amide bonds. The lowest BCUT2D eigenvalue weighted by Gasteiger charge is -2.27. The Kier molecular flexibility index (Phi) is 26.2. The van der Waals surface area contributed by atoms with Gasteiger partial charge in [0.2, 0.25) is 41.4 Å². The minimum atomic E-state index is -1.80. The summed E-state index contributed by atoms with van der Waals surface area (Å²) >= 11 is 0. The van der Waals surface area contributed by atoms with Crippen molar-refractivity contribution < 1.29 is 58.5 Å². The molecule has 20 N–H and O–H groups in total. The number of hydrogen-bond acceptors (Lipinski definition) is 15. The van der Waals surface area contributed by atoms with Crippen LogP contribution in [-0.4, -0.2) is 159 Å². The highest BCUT2D eigenvalue weighted by molar-refractivity contribution is 5.98. The normalized spacial score (nSPS) is 14.5. The van der Waals surface area contributed by atoms with Crippen LogP contribution < -0.4 is 70.6 Å². The number of hydrazine groups is 1. The van der Waals surface area contributed by atoms with Gasteiger partial charge in [-0.25, -0.2) is 10.2 Å². The maximum Gasteiger partial charge on any atom is 0.334 e. The number of primary amides is 1. The molecule has 0 bridgehead atoms. The van der Waals surface area contributed by atoms with E-state index in [1.165, 1.54) is 38.5 Å². The number of urea groups is 1. The van der Waals surface area contributed by atoms with Crippen LogP contribution in [0.4, 0.5) is 4.79 Å². The van der Waals surface area contributed by atoms with Gasteiger partial charge in [-0.2, -0.15) is 0 Å². The molecule has 0 saturated carbocycles. The van der Waals surface area contributed by atoms with E-state index in [1.807, 2.05) is 24.3 Å². The van der Waals surface area contributed by atoms with E-state index in [0.717, 1.165) is 10.9 Å². The lowest BCUT2D eigenvalue weighted by Crippen LogP contribution is -2.62. The number of nitrogens with one attached hydrogen (secondary N) is 11. The number of carbonyl (C=O) groups excluding carboxylic acids is 9. The molecule has 3 aromatic carbocycles.